The van der Waals surface area contributed by atoms with E-state index < -0.39 is 5.54 Å². The first-order chi connectivity index (χ1) is 8.05. The molecular formula is C13H14BrNO2. The molecule has 1 aliphatic rings. The largest absolute Gasteiger partial charge is 0.495 e. The van der Waals surface area contributed by atoms with Gasteiger partial charge in [0.2, 0.25) is 6.08 Å². The molecule has 17 heavy (non-hydrogen) atoms. The van der Waals surface area contributed by atoms with Crippen LogP contribution in [0.2, 0.25) is 0 Å². The fourth-order valence-electron chi connectivity index (χ4n) is 2.32. The molecule has 2 rings (SSSR count). The highest BCUT2D eigenvalue weighted by atomic mass is 79.9. The van der Waals surface area contributed by atoms with Crippen molar-refractivity contribution in [1.29, 1.82) is 0 Å². The van der Waals surface area contributed by atoms with Crippen molar-refractivity contribution in [1.82, 2.24) is 0 Å². The van der Waals surface area contributed by atoms with Gasteiger partial charge in [0.05, 0.1) is 11.6 Å². The van der Waals surface area contributed by atoms with Crippen molar-refractivity contribution in [2.45, 2.75) is 32.2 Å². The predicted octanol–water partition coefficient (Wildman–Crippen LogP) is 3.40. The highest BCUT2D eigenvalue weighted by Crippen LogP contribution is 2.55. The summed E-state index contributed by atoms with van der Waals surface area (Å²) in [6, 6.07) is 2.09. The molecule has 0 unspecified atom stereocenters. The van der Waals surface area contributed by atoms with Gasteiger partial charge in [-0.3, -0.25) is 0 Å². The molecule has 1 fully saturated rings. The number of benzene rings is 1. The van der Waals surface area contributed by atoms with Crippen LogP contribution in [0.1, 0.15) is 29.5 Å². The van der Waals surface area contributed by atoms with Crippen LogP contribution in [0.4, 0.5) is 0 Å². The normalized spacial score (nSPS) is 16.2. The molecule has 1 aromatic rings. The van der Waals surface area contributed by atoms with E-state index in [0.29, 0.717) is 0 Å². The summed E-state index contributed by atoms with van der Waals surface area (Å²) in [6.07, 6.45) is 3.45. The fourth-order valence-corrected chi connectivity index (χ4v) is 2.80. The van der Waals surface area contributed by atoms with Crippen LogP contribution < -0.4 is 4.74 Å². The van der Waals surface area contributed by atoms with Crippen molar-refractivity contribution in [2.24, 2.45) is 4.99 Å². The highest BCUT2D eigenvalue weighted by Gasteiger charge is 2.48. The van der Waals surface area contributed by atoms with Gasteiger partial charge in [0.1, 0.15) is 11.3 Å². The quantitative estimate of drug-likeness (QED) is 0.633. The number of hydrogen-bond donors (Lipinski definition) is 0. The van der Waals surface area contributed by atoms with Gasteiger partial charge in [0.15, 0.2) is 0 Å². The van der Waals surface area contributed by atoms with Crippen molar-refractivity contribution in [3.63, 3.8) is 0 Å². The summed E-state index contributed by atoms with van der Waals surface area (Å²) in [5, 5.41) is 0. The molecule has 0 radical (unpaired) electrons. The van der Waals surface area contributed by atoms with Crippen molar-refractivity contribution in [3.05, 3.63) is 27.2 Å². The topological polar surface area (TPSA) is 38.7 Å². The predicted molar refractivity (Wildman–Crippen MR) is 69.2 cm³/mol. The summed E-state index contributed by atoms with van der Waals surface area (Å²) < 4.78 is 6.41. The standard InChI is InChI=1S/C13H14BrNO2/c1-8-6-9(2)11(14)12(17-3)10(8)13(4-5-13)15-7-16/h6H,4-5H2,1-3H3. The Bertz CT molecular complexity index is 515. The maximum atomic E-state index is 10.6. The first-order valence-corrected chi connectivity index (χ1v) is 6.28. The van der Waals surface area contributed by atoms with Crippen LogP contribution in [0.5, 0.6) is 5.75 Å². The summed E-state index contributed by atoms with van der Waals surface area (Å²) >= 11 is 3.53. The number of halogens is 1. The average Bonchev–Trinajstić information content (AvgIpc) is 3.04. The lowest BCUT2D eigenvalue weighted by Crippen LogP contribution is -2.09. The van der Waals surface area contributed by atoms with Gasteiger partial charge in [-0.1, -0.05) is 6.07 Å². The first-order valence-electron chi connectivity index (χ1n) is 5.49. The van der Waals surface area contributed by atoms with Gasteiger partial charge in [0.25, 0.3) is 0 Å². The third-order valence-corrected chi connectivity index (χ3v) is 4.24. The molecular weight excluding hydrogens is 282 g/mol. The van der Waals surface area contributed by atoms with E-state index in [2.05, 4.69) is 27.0 Å². The van der Waals surface area contributed by atoms with Gasteiger partial charge >= 0.3 is 0 Å². The maximum absolute atomic E-state index is 10.6. The summed E-state index contributed by atoms with van der Waals surface area (Å²) in [5.41, 5.74) is 2.85. The Morgan fingerprint density at radius 1 is 1.41 bits per heavy atom. The minimum Gasteiger partial charge on any atom is -0.495 e. The van der Waals surface area contributed by atoms with Crippen molar-refractivity contribution in [2.75, 3.05) is 7.11 Å². The second-order valence-corrected chi connectivity index (χ2v) is 5.26. The maximum Gasteiger partial charge on any atom is 0.235 e. The van der Waals surface area contributed by atoms with Gasteiger partial charge in [0, 0.05) is 5.56 Å². The zero-order valence-corrected chi connectivity index (χ0v) is 11.7. The Morgan fingerprint density at radius 2 is 2.06 bits per heavy atom. The van der Waals surface area contributed by atoms with Gasteiger partial charge in [-0.15, -0.1) is 0 Å². The second kappa shape index (κ2) is 4.28. The highest BCUT2D eigenvalue weighted by molar-refractivity contribution is 9.10. The molecule has 1 aromatic carbocycles. The third-order valence-electron chi connectivity index (χ3n) is 3.25. The van der Waals surface area contributed by atoms with E-state index in [-0.39, 0.29) is 0 Å². The second-order valence-electron chi connectivity index (χ2n) is 4.47. The SMILES string of the molecule is COc1c(Br)c(C)cc(C)c1C1(N=C=O)CC1. The van der Waals surface area contributed by atoms with E-state index in [9.17, 15) is 4.79 Å². The van der Waals surface area contributed by atoms with E-state index in [1.54, 1.807) is 13.2 Å². The molecule has 0 aromatic heterocycles. The van der Waals surface area contributed by atoms with Crippen LogP contribution in [0.25, 0.3) is 0 Å². The van der Waals surface area contributed by atoms with E-state index in [0.717, 1.165) is 39.8 Å². The van der Waals surface area contributed by atoms with E-state index in [1.807, 2.05) is 13.8 Å². The molecule has 3 nitrogen and oxygen atoms in total. The van der Waals surface area contributed by atoms with Crippen LogP contribution in [0.3, 0.4) is 0 Å². The zero-order chi connectivity index (χ0) is 12.6. The molecule has 0 aliphatic heterocycles. The lowest BCUT2D eigenvalue weighted by Gasteiger charge is -2.19. The fraction of sp³-hybridized carbons (Fsp3) is 0.462. The first kappa shape index (κ1) is 12.3. The molecule has 1 aliphatic carbocycles. The van der Waals surface area contributed by atoms with Crippen LogP contribution in [-0.4, -0.2) is 13.2 Å². The van der Waals surface area contributed by atoms with Gasteiger partial charge in [-0.25, -0.2) is 4.79 Å². The molecule has 0 N–H and O–H groups in total. The zero-order valence-electron chi connectivity index (χ0n) is 10.1. The van der Waals surface area contributed by atoms with Gasteiger partial charge in [-0.2, -0.15) is 4.99 Å². The molecule has 4 heteroatoms. The lowest BCUT2D eigenvalue weighted by atomic mass is 9.96. The van der Waals surface area contributed by atoms with Crippen molar-refractivity contribution >= 4 is 22.0 Å². The Morgan fingerprint density at radius 3 is 2.53 bits per heavy atom. The van der Waals surface area contributed by atoms with Gasteiger partial charge < -0.3 is 4.74 Å². The smallest absolute Gasteiger partial charge is 0.235 e. The monoisotopic (exact) mass is 295 g/mol. The average molecular weight is 296 g/mol. The Hall–Kier alpha value is -1.12. The van der Waals surface area contributed by atoms with Crippen LogP contribution in [0.15, 0.2) is 15.5 Å². The Labute approximate surface area is 109 Å². The number of nitrogens with zero attached hydrogens (tertiary/aromatic N) is 1. The van der Waals surface area contributed by atoms with Crippen LogP contribution in [-0.2, 0) is 10.3 Å². The third kappa shape index (κ3) is 1.92. The number of rotatable bonds is 3. The van der Waals surface area contributed by atoms with Crippen molar-refractivity contribution in [3.8, 4) is 5.75 Å². The molecule has 0 atom stereocenters. The molecule has 0 amide bonds. The van der Waals surface area contributed by atoms with Crippen LogP contribution in [0, 0.1) is 13.8 Å². The number of methoxy groups -OCH3 is 1. The lowest BCUT2D eigenvalue weighted by molar-refractivity contribution is 0.400. The number of ether oxygens (including phenoxy) is 1. The number of carbonyl (C=O) groups excluding carboxylic acids is 1. The molecule has 0 saturated heterocycles. The Balaban J connectivity index is 2.69. The summed E-state index contributed by atoms with van der Waals surface area (Å²) in [6.45, 7) is 4.05. The number of isocyanates is 1. The molecule has 0 heterocycles. The number of aryl methyl sites for hydroxylation is 2. The number of hydrogen-bond acceptors (Lipinski definition) is 3. The van der Waals surface area contributed by atoms with Gasteiger partial charge in [-0.05, 0) is 53.7 Å². The summed E-state index contributed by atoms with van der Waals surface area (Å²) in [5.74, 6) is 0.791. The van der Waals surface area contributed by atoms with Crippen LogP contribution >= 0.6 is 15.9 Å². The molecule has 0 bridgehead atoms. The minimum atomic E-state index is -0.395. The summed E-state index contributed by atoms with van der Waals surface area (Å²) in [7, 11) is 1.64. The molecule has 0 spiro atoms. The van der Waals surface area contributed by atoms with E-state index in [4.69, 9.17) is 4.74 Å². The minimum absolute atomic E-state index is 0.395. The molecule has 90 valence electrons. The number of aliphatic imine (C=N–C) groups is 1. The molecule has 1 saturated carbocycles. The Kier molecular flexibility index (Phi) is 3.11. The summed E-state index contributed by atoms with van der Waals surface area (Å²) in [4.78, 5) is 14.5. The van der Waals surface area contributed by atoms with Crippen molar-refractivity contribution < 1.29 is 9.53 Å². The van der Waals surface area contributed by atoms with E-state index >= 15 is 0 Å². The van der Waals surface area contributed by atoms with E-state index in [1.165, 1.54) is 0 Å².